The fraction of sp³-hybridized carbons (Fsp3) is 0. The quantitative estimate of drug-likeness (QED) is 0.308. The number of aromatic nitrogens is 1. The van der Waals surface area contributed by atoms with Gasteiger partial charge in [0.05, 0.1) is 0 Å². The third-order valence-corrected chi connectivity index (χ3v) is 1.68. The molecule has 0 unspecified atom stereocenters. The highest BCUT2D eigenvalue weighted by molar-refractivity contribution is 5.94. The van der Waals surface area contributed by atoms with Crippen LogP contribution in [0.1, 0.15) is 5.89 Å². The molecule has 0 atom stereocenters. The Morgan fingerprint density at radius 3 is 3.07 bits per heavy atom. The van der Waals surface area contributed by atoms with Crippen LogP contribution in [0, 0.1) is 5.82 Å². The smallest absolute Gasteiger partial charge is 0.266 e. The number of benzene rings is 1. The van der Waals surface area contributed by atoms with E-state index in [-0.39, 0.29) is 17.3 Å². The van der Waals surface area contributed by atoms with Gasteiger partial charge in [-0.15, -0.1) is 0 Å². The minimum Gasteiger partial charge on any atom is -0.433 e. The van der Waals surface area contributed by atoms with Crippen LogP contribution in [0.3, 0.4) is 0 Å². The first-order valence-electron chi connectivity index (χ1n) is 3.74. The van der Waals surface area contributed by atoms with Crippen molar-refractivity contribution in [3.63, 3.8) is 0 Å². The number of fused-ring (bicyclic) bond motifs is 1. The van der Waals surface area contributed by atoms with E-state index in [0.717, 1.165) is 0 Å². The van der Waals surface area contributed by atoms with E-state index in [1.54, 1.807) is 0 Å². The second-order valence-electron chi connectivity index (χ2n) is 2.62. The number of halogens is 1. The van der Waals surface area contributed by atoms with Crippen LogP contribution in [0.25, 0.3) is 11.1 Å². The van der Waals surface area contributed by atoms with E-state index < -0.39 is 5.82 Å². The molecule has 2 rings (SSSR count). The third kappa shape index (κ3) is 1.26. The molecule has 5 nitrogen and oxygen atoms in total. The van der Waals surface area contributed by atoms with Gasteiger partial charge in [0.1, 0.15) is 11.3 Å². The molecule has 14 heavy (non-hydrogen) atoms. The summed E-state index contributed by atoms with van der Waals surface area (Å²) >= 11 is 0. The van der Waals surface area contributed by atoms with Crippen LogP contribution in [0.15, 0.2) is 27.8 Å². The monoisotopic (exact) mass is 195 g/mol. The Kier molecular flexibility index (Phi) is 1.81. The maximum absolute atomic E-state index is 12.7. The van der Waals surface area contributed by atoms with Crippen molar-refractivity contribution in [2.75, 3.05) is 0 Å². The lowest BCUT2D eigenvalue weighted by atomic mass is 10.3. The van der Waals surface area contributed by atoms with Gasteiger partial charge in [0.15, 0.2) is 5.58 Å². The zero-order chi connectivity index (χ0) is 10.1. The third-order valence-electron chi connectivity index (χ3n) is 1.68. The van der Waals surface area contributed by atoms with Gasteiger partial charge in [-0.25, -0.2) is 9.37 Å². The van der Waals surface area contributed by atoms with Crippen LogP contribution in [0.4, 0.5) is 4.39 Å². The number of oxime groups is 1. The fourth-order valence-electron chi connectivity index (χ4n) is 1.05. The second kappa shape index (κ2) is 2.99. The van der Waals surface area contributed by atoms with Crippen LogP contribution in [-0.4, -0.2) is 16.0 Å². The topological polar surface area (TPSA) is 84.6 Å². The average molecular weight is 195 g/mol. The predicted molar refractivity (Wildman–Crippen MR) is 46.5 cm³/mol. The van der Waals surface area contributed by atoms with Gasteiger partial charge in [0.2, 0.25) is 5.84 Å². The number of hydrogen-bond acceptors (Lipinski definition) is 4. The summed E-state index contributed by atoms with van der Waals surface area (Å²) in [5, 5.41) is 11.1. The summed E-state index contributed by atoms with van der Waals surface area (Å²) in [6, 6.07) is 3.87. The summed E-state index contributed by atoms with van der Waals surface area (Å²) < 4.78 is 17.8. The van der Waals surface area contributed by atoms with Crippen molar-refractivity contribution in [2.45, 2.75) is 0 Å². The van der Waals surface area contributed by atoms with E-state index in [1.807, 2.05) is 0 Å². The van der Waals surface area contributed by atoms with Gasteiger partial charge < -0.3 is 15.4 Å². The molecule has 72 valence electrons. The Hall–Kier alpha value is -2.11. The molecule has 0 spiro atoms. The Morgan fingerprint density at radius 2 is 2.36 bits per heavy atom. The molecule has 0 fully saturated rings. The van der Waals surface area contributed by atoms with E-state index in [9.17, 15) is 4.39 Å². The summed E-state index contributed by atoms with van der Waals surface area (Å²) in [4.78, 5) is 3.88. The summed E-state index contributed by atoms with van der Waals surface area (Å²) in [7, 11) is 0. The molecule has 0 aliphatic heterocycles. The van der Waals surface area contributed by atoms with Gasteiger partial charge in [-0.3, -0.25) is 0 Å². The number of nitrogens with zero attached hydrogens (tertiary/aromatic N) is 2. The summed E-state index contributed by atoms with van der Waals surface area (Å²) in [5.41, 5.74) is 5.95. The first kappa shape index (κ1) is 8.49. The molecule has 0 amide bonds. The molecule has 1 aromatic carbocycles. The van der Waals surface area contributed by atoms with Crippen LogP contribution in [-0.2, 0) is 0 Å². The molecule has 1 aromatic heterocycles. The zero-order valence-corrected chi connectivity index (χ0v) is 6.94. The van der Waals surface area contributed by atoms with Crippen molar-refractivity contribution in [1.29, 1.82) is 0 Å². The van der Waals surface area contributed by atoms with Crippen molar-refractivity contribution >= 4 is 16.9 Å². The first-order chi connectivity index (χ1) is 6.70. The van der Waals surface area contributed by atoms with Gasteiger partial charge in [0.25, 0.3) is 5.89 Å². The molecule has 0 radical (unpaired) electrons. The van der Waals surface area contributed by atoms with Gasteiger partial charge in [-0.1, -0.05) is 5.16 Å². The molecule has 6 heteroatoms. The van der Waals surface area contributed by atoms with E-state index in [4.69, 9.17) is 15.4 Å². The number of oxazole rings is 1. The minimum atomic E-state index is -0.431. The zero-order valence-electron chi connectivity index (χ0n) is 6.94. The van der Waals surface area contributed by atoms with Crippen LogP contribution < -0.4 is 5.73 Å². The van der Waals surface area contributed by atoms with E-state index in [1.165, 1.54) is 18.2 Å². The first-order valence-corrected chi connectivity index (χ1v) is 3.74. The fourth-order valence-corrected chi connectivity index (χ4v) is 1.05. The molecule has 0 bridgehead atoms. The van der Waals surface area contributed by atoms with Crippen LogP contribution in [0.2, 0.25) is 0 Å². The second-order valence-corrected chi connectivity index (χ2v) is 2.62. The maximum Gasteiger partial charge on any atom is 0.266 e. The standard InChI is InChI=1S/C8H6FN3O2/c9-4-1-2-5-6(3-4)14-8(11-5)7(10)12-13/h1-3,13H,(H2,10,12). The minimum absolute atomic E-state index is 0.0342. The molecule has 1 heterocycles. The van der Waals surface area contributed by atoms with Crippen molar-refractivity contribution in [1.82, 2.24) is 4.98 Å². The molecule has 3 N–H and O–H groups in total. The van der Waals surface area contributed by atoms with E-state index >= 15 is 0 Å². The van der Waals surface area contributed by atoms with E-state index in [0.29, 0.717) is 5.52 Å². The Labute approximate surface area is 77.6 Å². The molecule has 0 saturated heterocycles. The van der Waals surface area contributed by atoms with Crippen molar-refractivity contribution in [3.8, 4) is 0 Å². The molecule has 0 aliphatic carbocycles. The largest absolute Gasteiger partial charge is 0.433 e. The van der Waals surface area contributed by atoms with Gasteiger partial charge >= 0.3 is 0 Å². The van der Waals surface area contributed by atoms with E-state index in [2.05, 4.69) is 10.1 Å². The SMILES string of the molecule is N/C(=N\O)c1nc2ccc(F)cc2o1. The Balaban J connectivity index is 2.62. The van der Waals surface area contributed by atoms with Crippen LogP contribution in [0.5, 0.6) is 0 Å². The highest BCUT2D eigenvalue weighted by atomic mass is 19.1. The van der Waals surface area contributed by atoms with Crippen molar-refractivity contribution in [3.05, 3.63) is 29.9 Å². The summed E-state index contributed by atoms with van der Waals surface area (Å²) in [6.07, 6.45) is 0. The molecule has 0 aliphatic rings. The maximum atomic E-state index is 12.7. The molecule has 2 aromatic rings. The van der Waals surface area contributed by atoms with Crippen molar-refractivity contribution < 1.29 is 14.0 Å². The van der Waals surface area contributed by atoms with Gasteiger partial charge in [-0.2, -0.15) is 0 Å². The normalized spacial score (nSPS) is 12.2. The summed E-state index contributed by atoms with van der Waals surface area (Å²) in [6.45, 7) is 0. The lowest BCUT2D eigenvalue weighted by Gasteiger charge is -1.86. The molecular weight excluding hydrogens is 189 g/mol. The lowest BCUT2D eigenvalue weighted by Crippen LogP contribution is -2.13. The average Bonchev–Trinajstić information content (AvgIpc) is 2.59. The highest BCUT2D eigenvalue weighted by Crippen LogP contribution is 2.16. The van der Waals surface area contributed by atoms with Gasteiger partial charge in [-0.05, 0) is 12.1 Å². The lowest BCUT2D eigenvalue weighted by molar-refractivity contribution is 0.317. The summed E-state index contributed by atoms with van der Waals surface area (Å²) in [5.74, 6) is -0.714. The highest BCUT2D eigenvalue weighted by Gasteiger charge is 2.09. The Morgan fingerprint density at radius 1 is 1.57 bits per heavy atom. The molecule has 0 saturated carbocycles. The van der Waals surface area contributed by atoms with Crippen LogP contribution >= 0.6 is 0 Å². The molecular formula is C8H6FN3O2. The van der Waals surface area contributed by atoms with Gasteiger partial charge in [0, 0.05) is 6.07 Å². The number of nitrogens with two attached hydrogens (primary N) is 1. The number of hydrogen-bond donors (Lipinski definition) is 2. The predicted octanol–water partition coefficient (Wildman–Crippen LogP) is 1.06. The van der Waals surface area contributed by atoms with Crippen molar-refractivity contribution in [2.24, 2.45) is 10.9 Å². The number of amidine groups is 1. The Bertz CT molecular complexity index is 506. The number of rotatable bonds is 1.